The molecule has 0 spiro atoms. The minimum absolute atomic E-state index is 0.0472. The fourth-order valence-corrected chi connectivity index (χ4v) is 4.58. The molecule has 0 radical (unpaired) electrons. The predicted octanol–water partition coefficient (Wildman–Crippen LogP) is 7.04. The van der Waals surface area contributed by atoms with Crippen LogP contribution in [0.5, 0.6) is 0 Å². The maximum absolute atomic E-state index is 13.9. The molecule has 4 rings (SSSR count). The highest BCUT2D eigenvalue weighted by molar-refractivity contribution is 5.84. The molecule has 0 atom stereocenters. The zero-order valence-electron chi connectivity index (χ0n) is 18.3. The summed E-state index contributed by atoms with van der Waals surface area (Å²) in [7, 11) is 1.78. The van der Waals surface area contributed by atoms with Crippen LogP contribution >= 0.6 is 0 Å². The first-order valence-electron chi connectivity index (χ1n) is 11.2. The second-order valence-electron chi connectivity index (χ2n) is 8.75. The Morgan fingerprint density at radius 1 is 0.812 bits per heavy atom. The van der Waals surface area contributed by atoms with Crippen molar-refractivity contribution in [2.75, 3.05) is 13.7 Å². The molecule has 1 fully saturated rings. The van der Waals surface area contributed by atoms with E-state index in [-0.39, 0.29) is 5.39 Å². The first-order valence-corrected chi connectivity index (χ1v) is 11.2. The fourth-order valence-electron chi connectivity index (χ4n) is 4.58. The summed E-state index contributed by atoms with van der Waals surface area (Å²) in [6.07, 6.45) is 7.43. The van der Waals surface area contributed by atoms with Crippen LogP contribution < -0.4 is 0 Å². The first kappa shape index (κ1) is 22.4. The number of ether oxygens (including phenoxy) is 1. The second kappa shape index (κ2) is 10.2. The molecular formula is C28H27F3O. The van der Waals surface area contributed by atoms with Crippen LogP contribution in [-0.2, 0) is 11.2 Å². The molecule has 1 nitrogen and oxygen atoms in total. The number of benzene rings is 3. The van der Waals surface area contributed by atoms with Gasteiger partial charge in [0, 0.05) is 30.2 Å². The summed E-state index contributed by atoms with van der Waals surface area (Å²) < 4.78 is 46.0. The van der Waals surface area contributed by atoms with Crippen molar-refractivity contribution in [1.82, 2.24) is 0 Å². The van der Waals surface area contributed by atoms with E-state index in [2.05, 4.69) is 24.0 Å². The Morgan fingerprint density at radius 2 is 1.47 bits per heavy atom. The average Bonchev–Trinajstić information content (AvgIpc) is 2.81. The van der Waals surface area contributed by atoms with Crippen molar-refractivity contribution < 1.29 is 17.9 Å². The van der Waals surface area contributed by atoms with Crippen LogP contribution in [0.3, 0.4) is 0 Å². The molecule has 0 aromatic heterocycles. The van der Waals surface area contributed by atoms with Crippen LogP contribution in [0.4, 0.5) is 13.2 Å². The normalized spacial score (nSPS) is 18.4. The van der Waals surface area contributed by atoms with Crippen molar-refractivity contribution >= 4 is 10.8 Å². The van der Waals surface area contributed by atoms with Crippen LogP contribution in [0.1, 0.15) is 48.8 Å². The van der Waals surface area contributed by atoms with Gasteiger partial charge in [0.05, 0.1) is 0 Å². The Balaban J connectivity index is 1.36. The molecule has 3 aromatic carbocycles. The lowest BCUT2D eigenvalue weighted by Gasteiger charge is -2.28. The number of aryl methyl sites for hydroxylation is 1. The van der Waals surface area contributed by atoms with Crippen LogP contribution in [0.2, 0.25) is 0 Å². The highest BCUT2D eigenvalue weighted by atomic mass is 19.2. The molecular weight excluding hydrogens is 409 g/mol. The van der Waals surface area contributed by atoms with Crippen LogP contribution in [0.25, 0.3) is 10.8 Å². The van der Waals surface area contributed by atoms with Gasteiger partial charge in [-0.25, -0.2) is 13.2 Å². The molecule has 0 heterocycles. The molecule has 0 unspecified atom stereocenters. The number of methoxy groups -OCH3 is 1. The number of fused-ring (bicyclic) bond motifs is 1. The molecule has 4 heteroatoms. The summed E-state index contributed by atoms with van der Waals surface area (Å²) in [5.41, 5.74) is 2.81. The molecule has 166 valence electrons. The maximum Gasteiger partial charge on any atom is 0.195 e. The summed E-state index contributed by atoms with van der Waals surface area (Å²) in [5.74, 6) is 3.84. The van der Waals surface area contributed by atoms with Crippen molar-refractivity contribution in [3.8, 4) is 11.8 Å². The van der Waals surface area contributed by atoms with Crippen molar-refractivity contribution in [2.45, 2.75) is 38.5 Å². The molecule has 0 N–H and O–H groups in total. The predicted molar refractivity (Wildman–Crippen MR) is 122 cm³/mol. The van der Waals surface area contributed by atoms with Crippen LogP contribution in [0, 0.1) is 41.1 Å². The number of hydrogen-bond donors (Lipinski definition) is 0. The highest BCUT2D eigenvalue weighted by Crippen LogP contribution is 2.31. The van der Waals surface area contributed by atoms with E-state index >= 15 is 0 Å². The number of rotatable bonds is 5. The number of halogens is 3. The monoisotopic (exact) mass is 436 g/mol. The summed E-state index contributed by atoms with van der Waals surface area (Å²) in [6.45, 7) is 0.890. The van der Waals surface area contributed by atoms with E-state index < -0.39 is 17.5 Å². The molecule has 1 aliphatic rings. The lowest BCUT2D eigenvalue weighted by atomic mass is 9.80. The summed E-state index contributed by atoms with van der Waals surface area (Å²) in [6, 6.07) is 13.9. The van der Waals surface area contributed by atoms with Gasteiger partial charge in [0.1, 0.15) is 0 Å². The zero-order valence-corrected chi connectivity index (χ0v) is 18.3. The molecule has 1 aliphatic carbocycles. The average molecular weight is 437 g/mol. The lowest BCUT2D eigenvalue weighted by Crippen LogP contribution is -2.18. The van der Waals surface area contributed by atoms with E-state index in [0.29, 0.717) is 10.9 Å². The summed E-state index contributed by atoms with van der Waals surface area (Å²) in [5, 5.41) is 0.339. The Bertz CT molecular complexity index is 1130. The van der Waals surface area contributed by atoms with Gasteiger partial charge in [-0.1, -0.05) is 42.9 Å². The van der Waals surface area contributed by atoms with Gasteiger partial charge in [-0.05, 0) is 78.8 Å². The molecule has 0 aliphatic heterocycles. The van der Waals surface area contributed by atoms with Crippen molar-refractivity contribution in [3.05, 3.63) is 82.7 Å². The van der Waals surface area contributed by atoms with Gasteiger partial charge in [0.15, 0.2) is 17.5 Å². The van der Waals surface area contributed by atoms with Crippen molar-refractivity contribution in [2.24, 2.45) is 11.8 Å². The van der Waals surface area contributed by atoms with E-state index in [1.807, 2.05) is 12.1 Å². The third-order valence-electron chi connectivity index (χ3n) is 6.49. The van der Waals surface area contributed by atoms with E-state index in [1.54, 1.807) is 19.2 Å². The molecule has 32 heavy (non-hydrogen) atoms. The van der Waals surface area contributed by atoms with E-state index in [9.17, 15) is 13.2 Å². The minimum atomic E-state index is -1.45. The van der Waals surface area contributed by atoms with Crippen LogP contribution in [0.15, 0.2) is 48.5 Å². The lowest BCUT2D eigenvalue weighted by molar-refractivity contribution is 0.117. The smallest absolute Gasteiger partial charge is 0.195 e. The third kappa shape index (κ3) is 5.34. The quantitative estimate of drug-likeness (QED) is 0.308. The van der Waals surface area contributed by atoms with E-state index in [0.717, 1.165) is 36.5 Å². The van der Waals surface area contributed by atoms with E-state index in [1.165, 1.54) is 43.7 Å². The second-order valence-corrected chi connectivity index (χ2v) is 8.75. The van der Waals surface area contributed by atoms with Gasteiger partial charge in [0.2, 0.25) is 0 Å². The maximum atomic E-state index is 13.9. The molecule has 1 saturated carbocycles. The fraction of sp³-hybridized carbons (Fsp3) is 0.357. The molecule has 0 saturated heterocycles. The van der Waals surface area contributed by atoms with Crippen molar-refractivity contribution in [3.63, 3.8) is 0 Å². The van der Waals surface area contributed by atoms with Gasteiger partial charge in [-0.2, -0.15) is 0 Å². The minimum Gasteiger partial charge on any atom is -0.384 e. The summed E-state index contributed by atoms with van der Waals surface area (Å²) >= 11 is 0. The Labute approximate surface area is 187 Å². The van der Waals surface area contributed by atoms with Gasteiger partial charge < -0.3 is 4.74 Å². The number of hydrogen-bond acceptors (Lipinski definition) is 1. The van der Waals surface area contributed by atoms with Gasteiger partial charge in [-0.3, -0.25) is 0 Å². The van der Waals surface area contributed by atoms with Crippen molar-refractivity contribution in [1.29, 1.82) is 0 Å². The third-order valence-corrected chi connectivity index (χ3v) is 6.49. The SMILES string of the molecule is COCC1CCC(CCc2ccc(C#Cc3ccc4c(F)c(F)c(F)cc4c3)cc2)CC1. The molecule has 0 bridgehead atoms. The Kier molecular flexibility index (Phi) is 7.17. The Morgan fingerprint density at radius 3 is 2.19 bits per heavy atom. The topological polar surface area (TPSA) is 9.23 Å². The standard InChI is InChI=1S/C28H27F3O/c1-32-18-23-12-9-21(10-13-23)7-4-19-2-5-20(6-3-19)8-11-22-14-15-25-24(16-22)17-26(29)28(31)27(25)30/h2-3,5-6,14-17,21,23H,4,7,9-10,12-13,18H2,1H3. The zero-order chi connectivity index (χ0) is 22.5. The van der Waals surface area contributed by atoms with Gasteiger partial charge >= 0.3 is 0 Å². The largest absolute Gasteiger partial charge is 0.384 e. The Hall–Kier alpha value is -2.77. The van der Waals surface area contributed by atoms with Crippen LogP contribution in [-0.4, -0.2) is 13.7 Å². The molecule has 3 aromatic rings. The molecule has 0 amide bonds. The van der Waals surface area contributed by atoms with Gasteiger partial charge in [0.25, 0.3) is 0 Å². The summed E-state index contributed by atoms with van der Waals surface area (Å²) in [4.78, 5) is 0. The van der Waals surface area contributed by atoms with Gasteiger partial charge in [-0.15, -0.1) is 0 Å². The highest BCUT2D eigenvalue weighted by Gasteiger charge is 2.20. The first-order chi connectivity index (χ1) is 15.5. The van der Waals surface area contributed by atoms with E-state index in [4.69, 9.17) is 4.74 Å².